The van der Waals surface area contributed by atoms with Gasteiger partial charge in [0.05, 0.1) is 72.6 Å². The van der Waals surface area contributed by atoms with Crippen molar-refractivity contribution in [2.75, 3.05) is 0 Å². The molecule has 19 aromatic rings. The van der Waals surface area contributed by atoms with Crippen molar-refractivity contribution in [2.45, 2.75) is 0 Å². The Hall–Kier alpha value is -12.8. The lowest BCUT2D eigenvalue weighted by Gasteiger charge is -2.12. The summed E-state index contributed by atoms with van der Waals surface area (Å²) in [6.45, 7) is 0. The lowest BCUT2D eigenvalue weighted by Crippen LogP contribution is -1.90. The van der Waals surface area contributed by atoms with E-state index in [1.807, 2.05) is 61.1 Å². The molecule has 8 nitrogen and oxygen atoms in total. The molecule has 0 N–H and O–H groups in total. The molecule has 0 aliphatic heterocycles. The average Bonchev–Trinajstić information content (AvgIpc) is 0.790. The van der Waals surface area contributed by atoms with Crippen LogP contribution in [-0.2, 0) is 0 Å². The summed E-state index contributed by atoms with van der Waals surface area (Å²) in [5, 5.41) is 13.7. The molecule has 0 saturated heterocycles. The van der Waals surface area contributed by atoms with Crippen LogP contribution in [0.25, 0.3) is 187 Å². The molecule has 8 heterocycles. The Bertz CT molecular complexity index is 6270. The molecule has 0 aliphatic carbocycles. The summed E-state index contributed by atoms with van der Waals surface area (Å²) in [5.41, 5.74) is 22.1. The Morgan fingerprint density at radius 3 is 1.11 bits per heavy atom. The zero-order valence-electron chi connectivity index (χ0n) is 50.6. The minimum atomic E-state index is 0.908. The topological polar surface area (TPSA) is 103 Å². The molecule has 19 rings (SSSR count). The zero-order valence-corrected chi connectivity index (χ0v) is 50.6. The lowest BCUT2D eigenvalue weighted by molar-refractivity contribution is 1.36. The Morgan fingerprint density at radius 2 is 0.553 bits per heavy atom. The number of pyridine rings is 8. The van der Waals surface area contributed by atoms with Gasteiger partial charge in [-0.25, -0.2) is 24.9 Å². The minimum Gasteiger partial charge on any atom is -0.256 e. The molecule has 0 aliphatic rings. The summed E-state index contributed by atoms with van der Waals surface area (Å²) in [6.07, 6.45) is 5.48. The molecule has 0 bridgehead atoms. The first-order valence-electron chi connectivity index (χ1n) is 31.5. The van der Waals surface area contributed by atoms with Gasteiger partial charge in [-0.1, -0.05) is 200 Å². The highest BCUT2D eigenvalue weighted by Gasteiger charge is 2.15. The summed E-state index contributed by atoms with van der Waals surface area (Å²) < 4.78 is 0. The fraction of sp³-hybridized carbons (Fsp3) is 0. The number of benzene rings is 11. The van der Waals surface area contributed by atoms with Crippen LogP contribution in [0.2, 0.25) is 0 Å². The van der Waals surface area contributed by atoms with Crippen LogP contribution in [0.15, 0.2) is 316 Å². The number of fused-ring (bicyclic) bond motifs is 12. The molecule has 0 fully saturated rings. The van der Waals surface area contributed by atoms with Crippen LogP contribution < -0.4 is 0 Å². The SMILES string of the molecule is c1cc(-c2ccc3ccc(-c4ccc5ccc(-c6cccc7ncccc67)nc5c4)cc3n2)cc(-c2ccc3ccc4cccnc4c3n2)c1.c1ccc2c(c1)cc(-c1ccc3ccc(-c4ccc5ccc(-c6cccc7ncccc67)nc5c4)cc3n1)c1ccccc12. The molecule has 8 heteroatoms. The number of nitrogens with zero attached hydrogens (tertiary/aromatic N) is 8. The van der Waals surface area contributed by atoms with Crippen molar-refractivity contribution >= 4 is 109 Å². The lowest BCUT2D eigenvalue weighted by atomic mass is 9.95. The Kier molecular flexibility index (Phi) is 13.0. The maximum atomic E-state index is 5.21. The van der Waals surface area contributed by atoms with Crippen molar-refractivity contribution in [1.29, 1.82) is 0 Å². The number of rotatable bonds is 7. The van der Waals surface area contributed by atoms with E-state index in [4.69, 9.17) is 24.9 Å². The van der Waals surface area contributed by atoms with Gasteiger partial charge < -0.3 is 0 Å². The number of hydrogen-bond acceptors (Lipinski definition) is 8. The molecule has 0 radical (unpaired) electrons. The quantitative estimate of drug-likeness (QED) is 0.145. The zero-order chi connectivity index (χ0) is 62.1. The van der Waals surface area contributed by atoms with Gasteiger partial charge in [0.15, 0.2) is 0 Å². The van der Waals surface area contributed by atoms with E-state index in [9.17, 15) is 0 Å². The van der Waals surface area contributed by atoms with E-state index in [0.717, 1.165) is 166 Å². The first-order chi connectivity index (χ1) is 46.5. The minimum absolute atomic E-state index is 0.908. The predicted molar refractivity (Wildman–Crippen MR) is 388 cm³/mol. The van der Waals surface area contributed by atoms with Crippen molar-refractivity contribution in [1.82, 2.24) is 39.9 Å². The second-order valence-corrected chi connectivity index (χ2v) is 23.8. The van der Waals surface area contributed by atoms with Crippen LogP contribution in [0.4, 0.5) is 0 Å². The van der Waals surface area contributed by atoms with Gasteiger partial charge in [-0.3, -0.25) is 15.0 Å². The third-order valence-electron chi connectivity index (χ3n) is 18.2. The monoisotopic (exact) mass is 1200 g/mol. The van der Waals surface area contributed by atoms with E-state index in [-0.39, 0.29) is 0 Å². The van der Waals surface area contributed by atoms with Crippen LogP contribution in [0, 0.1) is 0 Å². The maximum Gasteiger partial charge on any atom is 0.0972 e. The second kappa shape index (κ2) is 22.6. The van der Waals surface area contributed by atoms with Gasteiger partial charge in [0.2, 0.25) is 0 Å². The molecular formula is C86H52N8. The fourth-order valence-corrected chi connectivity index (χ4v) is 13.4. The smallest absolute Gasteiger partial charge is 0.0972 e. The Labute approximate surface area is 539 Å². The van der Waals surface area contributed by atoms with Gasteiger partial charge in [-0.05, 0) is 141 Å². The van der Waals surface area contributed by atoms with Gasteiger partial charge in [0, 0.05) is 89.5 Å². The molecule has 0 unspecified atom stereocenters. The molecule has 0 atom stereocenters. The van der Waals surface area contributed by atoms with E-state index < -0.39 is 0 Å². The molecule has 8 aromatic heterocycles. The van der Waals surface area contributed by atoms with Gasteiger partial charge in [0.1, 0.15) is 0 Å². The van der Waals surface area contributed by atoms with E-state index in [1.54, 1.807) is 0 Å². The molecule has 11 aromatic carbocycles. The van der Waals surface area contributed by atoms with E-state index >= 15 is 0 Å². The van der Waals surface area contributed by atoms with Crippen molar-refractivity contribution in [3.8, 4) is 78.5 Å². The predicted octanol–water partition coefficient (Wildman–Crippen LogP) is 21.7. The largest absolute Gasteiger partial charge is 0.256 e. The van der Waals surface area contributed by atoms with Crippen molar-refractivity contribution in [3.63, 3.8) is 0 Å². The highest BCUT2D eigenvalue weighted by Crippen LogP contribution is 2.38. The van der Waals surface area contributed by atoms with E-state index in [2.05, 4.69) is 270 Å². The van der Waals surface area contributed by atoms with Gasteiger partial charge in [-0.2, -0.15) is 0 Å². The van der Waals surface area contributed by atoms with E-state index in [0.29, 0.717) is 0 Å². The van der Waals surface area contributed by atoms with Crippen molar-refractivity contribution < 1.29 is 0 Å². The summed E-state index contributed by atoms with van der Waals surface area (Å²) in [7, 11) is 0. The van der Waals surface area contributed by atoms with Crippen LogP contribution in [0.1, 0.15) is 0 Å². The van der Waals surface area contributed by atoms with Gasteiger partial charge in [-0.15, -0.1) is 0 Å². The fourth-order valence-electron chi connectivity index (χ4n) is 13.4. The van der Waals surface area contributed by atoms with Crippen molar-refractivity contribution in [2.24, 2.45) is 0 Å². The van der Waals surface area contributed by atoms with Crippen LogP contribution in [0.3, 0.4) is 0 Å². The van der Waals surface area contributed by atoms with Gasteiger partial charge in [0.25, 0.3) is 0 Å². The first kappa shape index (κ1) is 54.2. The van der Waals surface area contributed by atoms with Gasteiger partial charge >= 0.3 is 0 Å². The van der Waals surface area contributed by atoms with E-state index in [1.165, 1.54) is 21.5 Å². The summed E-state index contributed by atoms with van der Waals surface area (Å²) in [6, 6.07) is 104. The molecule has 0 spiro atoms. The normalized spacial score (nSPS) is 11.6. The second-order valence-electron chi connectivity index (χ2n) is 23.8. The maximum absolute atomic E-state index is 5.21. The molecule has 436 valence electrons. The molecule has 0 saturated carbocycles. The molecule has 0 amide bonds. The van der Waals surface area contributed by atoms with Crippen molar-refractivity contribution in [3.05, 3.63) is 316 Å². The third-order valence-corrected chi connectivity index (χ3v) is 18.2. The highest BCUT2D eigenvalue weighted by molar-refractivity contribution is 6.14. The molecule has 94 heavy (non-hydrogen) atoms. The highest BCUT2D eigenvalue weighted by atomic mass is 14.8. The summed E-state index contributed by atoms with van der Waals surface area (Å²) in [4.78, 5) is 39.3. The summed E-state index contributed by atoms with van der Waals surface area (Å²) >= 11 is 0. The Balaban J connectivity index is 0.000000139. The standard InChI is InChI=1S/C45H27N5.C41H25N3/c1-5-34(25-35(6-1)39-21-19-31-14-13-30-7-3-24-47-44(30)45(31)50-39)38-20-17-28-11-15-32(26-42(28)48-38)33-16-12-29-18-22-41(49-43(29)27-33)37-8-2-10-40-36(37)9-4-23-46-40;1-2-8-31-30(7-1)23-36(33-10-4-3-9-32(31)33)39-21-19-27-15-17-29(25-41(27)44-39)28-16-14-26-18-20-38(43-40(26)24-28)35-11-5-13-37-34(35)12-6-22-42-37/h1-27H;1-25H. The van der Waals surface area contributed by atoms with Crippen LogP contribution in [0.5, 0.6) is 0 Å². The Morgan fingerprint density at radius 1 is 0.170 bits per heavy atom. The first-order valence-corrected chi connectivity index (χ1v) is 31.5. The van der Waals surface area contributed by atoms with Crippen LogP contribution >= 0.6 is 0 Å². The third kappa shape index (κ3) is 9.82. The van der Waals surface area contributed by atoms with Crippen LogP contribution in [-0.4, -0.2) is 39.9 Å². The number of hydrogen-bond donors (Lipinski definition) is 0. The summed E-state index contributed by atoms with van der Waals surface area (Å²) in [5.74, 6) is 0. The molecular weight excluding hydrogens is 1150 g/mol. The number of aromatic nitrogens is 8. The average molecular weight is 1200 g/mol.